The van der Waals surface area contributed by atoms with Crippen LogP contribution in [-0.4, -0.2) is 39.8 Å². The van der Waals surface area contributed by atoms with Gasteiger partial charge in [-0.15, -0.1) is 0 Å². The lowest BCUT2D eigenvalue weighted by molar-refractivity contribution is 0.187. The fourth-order valence-corrected chi connectivity index (χ4v) is 6.17. The molecule has 1 aliphatic carbocycles. The predicted octanol–water partition coefficient (Wildman–Crippen LogP) is 4.91. The Labute approximate surface area is 209 Å². The third-order valence-corrected chi connectivity index (χ3v) is 8.44. The van der Waals surface area contributed by atoms with Gasteiger partial charge in [0, 0.05) is 30.9 Å². The fraction of sp³-hybridized carbons (Fsp3) is 0.370. The Morgan fingerprint density at radius 3 is 2.66 bits per heavy atom. The van der Waals surface area contributed by atoms with Crippen molar-refractivity contribution >= 4 is 22.9 Å². The normalized spacial score (nSPS) is 18.9. The molecule has 2 N–H and O–H groups in total. The summed E-state index contributed by atoms with van der Waals surface area (Å²) >= 11 is 6.63. The van der Waals surface area contributed by atoms with Crippen LogP contribution < -0.4 is 15.4 Å². The lowest BCUT2D eigenvalue weighted by Crippen LogP contribution is -2.44. The summed E-state index contributed by atoms with van der Waals surface area (Å²) in [5, 5.41) is 5.28. The molecule has 1 aromatic carbocycles. The molecule has 1 saturated heterocycles. The third kappa shape index (κ3) is 3.40. The van der Waals surface area contributed by atoms with Gasteiger partial charge in [-0.1, -0.05) is 17.7 Å². The van der Waals surface area contributed by atoms with E-state index in [0.29, 0.717) is 5.02 Å². The molecular weight excluding hydrogens is 460 g/mol. The summed E-state index contributed by atoms with van der Waals surface area (Å²) in [4.78, 5) is 11.8. The van der Waals surface area contributed by atoms with Gasteiger partial charge in [0.15, 0.2) is 5.82 Å². The van der Waals surface area contributed by atoms with E-state index in [0.717, 1.165) is 72.1 Å². The molecule has 0 unspecified atom stereocenters. The number of ether oxygens (including phenoxy) is 1. The molecule has 6 rings (SSSR count). The lowest BCUT2D eigenvalue weighted by Gasteiger charge is -2.42. The van der Waals surface area contributed by atoms with Crippen LogP contribution in [0, 0.1) is 19.3 Å². The summed E-state index contributed by atoms with van der Waals surface area (Å²) in [6.45, 7) is 5.74. The van der Waals surface area contributed by atoms with Gasteiger partial charge < -0.3 is 15.4 Å². The number of benzene rings is 1. The van der Waals surface area contributed by atoms with Gasteiger partial charge in [-0.2, -0.15) is 5.10 Å². The standard InChI is InChI=1S/C27H29ClN6O/c1-16-23(28)20(6-10-30-16)24-17(2)32-26(22-7-11-31-34(22)24)33-12-8-27(9-13-33)15-18-4-5-19(35-3)14-21(18)25(27)29/h4-7,10-11,14,25H,8-9,12-13,15,29H2,1-3H3/t25-/m1/s1. The minimum absolute atomic E-state index is 0.0267. The maximum Gasteiger partial charge on any atom is 0.155 e. The maximum atomic E-state index is 6.85. The van der Waals surface area contributed by atoms with E-state index in [-0.39, 0.29) is 11.5 Å². The smallest absolute Gasteiger partial charge is 0.155 e. The van der Waals surface area contributed by atoms with Crippen LogP contribution >= 0.6 is 11.6 Å². The molecule has 4 aromatic rings. The number of nitrogens with two attached hydrogens (primary N) is 1. The quantitative estimate of drug-likeness (QED) is 0.441. The van der Waals surface area contributed by atoms with Gasteiger partial charge in [0.05, 0.1) is 35.4 Å². The molecule has 0 amide bonds. The summed E-state index contributed by atoms with van der Waals surface area (Å²) in [6.07, 6.45) is 6.66. The minimum Gasteiger partial charge on any atom is -0.497 e. The second-order valence-corrected chi connectivity index (χ2v) is 10.2. The summed E-state index contributed by atoms with van der Waals surface area (Å²) in [5.74, 6) is 1.84. The number of methoxy groups -OCH3 is 1. The monoisotopic (exact) mass is 488 g/mol. The molecule has 4 heterocycles. The fourth-order valence-electron chi connectivity index (χ4n) is 5.97. The first-order chi connectivity index (χ1) is 16.9. The summed E-state index contributed by atoms with van der Waals surface area (Å²) in [6, 6.07) is 10.3. The Balaban J connectivity index is 1.32. The van der Waals surface area contributed by atoms with E-state index in [2.05, 4.69) is 27.1 Å². The van der Waals surface area contributed by atoms with Crippen LogP contribution in [0.4, 0.5) is 5.82 Å². The summed E-state index contributed by atoms with van der Waals surface area (Å²) < 4.78 is 7.41. The Hall–Kier alpha value is -3.16. The molecule has 1 fully saturated rings. The molecule has 2 aliphatic rings. The second kappa shape index (κ2) is 8.21. The number of piperidine rings is 1. The molecule has 1 atom stereocenters. The van der Waals surface area contributed by atoms with Gasteiger partial charge in [0.2, 0.25) is 0 Å². The Kier molecular flexibility index (Phi) is 5.23. The second-order valence-electron chi connectivity index (χ2n) is 9.82. The zero-order valence-electron chi connectivity index (χ0n) is 20.3. The van der Waals surface area contributed by atoms with Crippen molar-refractivity contribution in [3.63, 3.8) is 0 Å². The first-order valence-corrected chi connectivity index (χ1v) is 12.4. The van der Waals surface area contributed by atoms with Crippen LogP contribution in [0.2, 0.25) is 5.02 Å². The molecule has 180 valence electrons. The van der Waals surface area contributed by atoms with E-state index in [4.69, 9.17) is 27.1 Å². The molecule has 0 bridgehead atoms. The van der Waals surface area contributed by atoms with E-state index in [9.17, 15) is 0 Å². The number of aromatic nitrogens is 4. The largest absolute Gasteiger partial charge is 0.497 e. The van der Waals surface area contributed by atoms with Crippen molar-refractivity contribution < 1.29 is 4.74 Å². The summed E-state index contributed by atoms with van der Waals surface area (Å²) in [7, 11) is 1.71. The number of rotatable bonds is 3. The molecule has 3 aromatic heterocycles. The number of hydrogen-bond donors (Lipinski definition) is 1. The van der Waals surface area contributed by atoms with Crippen LogP contribution in [0.25, 0.3) is 16.8 Å². The number of anilines is 1. The highest BCUT2D eigenvalue weighted by atomic mass is 35.5. The van der Waals surface area contributed by atoms with Crippen molar-refractivity contribution in [2.75, 3.05) is 25.1 Å². The first kappa shape index (κ1) is 22.3. The Morgan fingerprint density at radius 1 is 1.09 bits per heavy atom. The lowest BCUT2D eigenvalue weighted by atomic mass is 9.73. The van der Waals surface area contributed by atoms with Gasteiger partial charge in [-0.3, -0.25) is 4.98 Å². The molecule has 0 saturated carbocycles. The summed E-state index contributed by atoms with van der Waals surface area (Å²) in [5.41, 5.74) is 14.0. The van der Waals surface area contributed by atoms with E-state index in [1.165, 1.54) is 11.1 Å². The number of nitrogens with zero attached hydrogens (tertiary/aromatic N) is 5. The highest BCUT2D eigenvalue weighted by Gasteiger charge is 2.46. The van der Waals surface area contributed by atoms with Gasteiger partial charge >= 0.3 is 0 Å². The number of halogens is 1. The van der Waals surface area contributed by atoms with E-state index >= 15 is 0 Å². The zero-order valence-corrected chi connectivity index (χ0v) is 21.0. The van der Waals surface area contributed by atoms with Gasteiger partial charge in [-0.05, 0) is 73.9 Å². The molecule has 7 nitrogen and oxygen atoms in total. The van der Waals surface area contributed by atoms with Crippen LogP contribution in [0.15, 0.2) is 42.7 Å². The number of aryl methyl sites for hydroxylation is 2. The maximum absolute atomic E-state index is 6.85. The number of fused-ring (bicyclic) bond motifs is 2. The van der Waals surface area contributed by atoms with E-state index in [1.54, 1.807) is 13.3 Å². The number of hydrogen-bond acceptors (Lipinski definition) is 6. The highest BCUT2D eigenvalue weighted by Crippen LogP contribution is 2.52. The molecule has 35 heavy (non-hydrogen) atoms. The average molecular weight is 489 g/mol. The Bertz CT molecular complexity index is 1440. The third-order valence-electron chi connectivity index (χ3n) is 7.97. The van der Waals surface area contributed by atoms with Crippen LogP contribution in [-0.2, 0) is 6.42 Å². The van der Waals surface area contributed by atoms with Gasteiger partial charge in [-0.25, -0.2) is 9.50 Å². The van der Waals surface area contributed by atoms with Gasteiger partial charge in [0.25, 0.3) is 0 Å². The topological polar surface area (TPSA) is 81.6 Å². The molecule has 1 spiro atoms. The van der Waals surface area contributed by atoms with Crippen molar-refractivity contribution in [2.45, 2.75) is 39.2 Å². The van der Waals surface area contributed by atoms with Gasteiger partial charge in [0.1, 0.15) is 11.3 Å². The van der Waals surface area contributed by atoms with Crippen molar-refractivity contribution in [3.8, 4) is 17.0 Å². The van der Waals surface area contributed by atoms with Crippen molar-refractivity contribution in [1.29, 1.82) is 0 Å². The zero-order chi connectivity index (χ0) is 24.3. The predicted molar refractivity (Wildman–Crippen MR) is 138 cm³/mol. The Morgan fingerprint density at radius 2 is 1.89 bits per heavy atom. The molecule has 1 aliphatic heterocycles. The average Bonchev–Trinajstić information content (AvgIpc) is 3.45. The first-order valence-electron chi connectivity index (χ1n) is 12.0. The molecular formula is C27H29ClN6O. The highest BCUT2D eigenvalue weighted by molar-refractivity contribution is 6.33. The van der Waals surface area contributed by atoms with Crippen LogP contribution in [0.3, 0.4) is 0 Å². The van der Waals surface area contributed by atoms with Crippen LogP contribution in [0.5, 0.6) is 5.75 Å². The molecule has 0 radical (unpaired) electrons. The SMILES string of the molecule is COc1ccc2c(c1)[C@@H](N)C1(CCN(c3nc(C)c(-c4ccnc(C)c4Cl)n4nccc34)CC1)C2. The van der Waals surface area contributed by atoms with E-state index < -0.39 is 0 Å². The van der Waals surface area contributed by atoms with E-state index in [1.807, 2.05) is 42.8 Å². The van der Waals surface area contributed by atoms with Crippen molar-refractivity contribution in [3.05, 3.63) is 70.3 Å². The van der Waals surface area contributed by atoms with Crippen molar-refractivity contribution in [2.24, 2.45) is 11.1 Å². The minimum atomic E-state index is 0.0267. The number of pyridine rings is 1. The van der Waals surface area contributed by atoms with Crippen molar-refractivity contribution in [1.82, 2.24) is 19.6 Å². The van der Waals surface area contributed by atoms with Crippen LogP contribution in [0.1, 0.15) is 41.4 Å². The molecule has 8 heteroatoms.